The van der Waals surface area contributed by atoms with E-state index in [1.165, 1.54) is 0 Å². The van der Waals surface area contributed by atoms with Gasteiger partial charge in [0.2, 0.25) is 5.79 Å². The molecule has 0 N–H and O–H groups in total. The Hall–Kier alpha value is -0.640. The molecule has 0 fully saturated rings. The molecule has 0 rings (SSSR count). The topological polar surface area (TPSA) is 18.5 Å². The molecule has 0 aliphatic carbocycles. The molecule has 0 aliphatic rings. The third-order valence-electron chi connectivity index (χ3n) is 2.32. The molecular formula is C10H14F8O2. The molecule has 0 saturated heterocycles. The Labute approximate surface area is 110 Å². The Bertz CT molecular complexity index is 289. The lowest BCUT2D eigenvalue weighted by atomic mass is 10.00. The summed E-state index contributed by atoms with van der Waals surface area (Å²) in [7, 11) is 0. The number of hydrogen-bond donors (Lipinski definition) is 0. The van der Waals surface area contributed by atoms with Crippen LogP contribution in [0.1, 0.15) is 20.3 Å². The molecule has 0 spiro atoms. The van der Waals surface area contributed by atoms with Gasteiger partial charge in [-0.25, -0.2) is 26.3 Å². The molecule has 0 unspecified atom stereocenters. The summed E-state index contributed by atoms with van der Waals surface area (Å²) in [5.41, 5.74) is 0. The van der Waals surface area contributed by atoms with E-state index in [0.29, 0.717) is 0 Å². The van der Waals surface area contributed by atoms with Crippen molar-refractivity contribution in [2.45, 2.75) is 50.8 Å². The summed E-state index contributed by atoms with van der Waals surface area (Å²) in [4.78, 5) is 0. The van der Waals surface area contributed by atoms with Crippen molar-refractivity contribution < 1.29 is 44.6 Å². The third-order valence-corrected chi connectivity index (χ3v) is 2.32. The van der Waals surface area contributed by atoms with E-state index >= 15 is 0 Å². The van der Waals surface area contributed by atoms with Crippen molar-refractivity contribution in [3.05, 3.63) is 0 Å². The molecule has 0 aromatic heterocycles. The van der Waals surface area contributed by atoms with E-state index in [1.807, 2.05) is 0 Å². The van der Waals surface area contributed by atoms with Crippen molar-refractivity contribution in [1.29, 1.82) is 0 Å². The normalized spacial score (nSPS) is 14.4. The second-order valence-corrected chi connectivity index (χ2v) is 3.78. The first kappa shape index (κ1) is 19.4. The van der Waals surface area contributed by atoms with Crippen molar-refractivity contribution in [3.63, 3.8) is 0 Å². The Morgan fingerprint density at radius 3 is 1.45 bits per heavy atom. The minimum atomic E-state index is -5.18. The molecule has 0 aromatic rings. The van der Waals surface area contributed by atoms with E-state index in [2.05, 4.69) is 9.47 Å². The Balaban J connectivity index is 5.66. The van der Waals surface area contributed by atoms with E-state index in [9.17, 15) is 35.1 Å². The van der Waals surface area contributed by atoms with Gasteiger partial charge in [-0.2, -0.15) is 8.78 Å². The predicted molar refractivity (Wildman–Crippen MR) is 52.5 cm³/mol. The molecule has 0 bridgehead atoms. The van der Waals surface area contributed by atoms with E-state index in [1.54, 1.807) is 0 Å². The van der Waals surface area contributed by atoms with Crippen LogP contribution in [0.3, 0.4) is 0 Å². The van der Waals surface area contributed by atoms with E-state index in [0.717, 1.165) is 13.8 Å². The molecule has 0 aliphatic heterocycles. The highest BCUT2D eigenvalue weighted by molar-refractivity contribution is 4.94. The van der Waals surface area contributed by atoms with Crippen LogP contribution in [0.4, 0.5) is 35.1 Å². The summed E-state index contributed by atoms with van der Waals surface area (Å²) in [5, 5.41) is 0. The first-order chi connectivity index (χ1) is 8.97. The van der Waals surface area contributed by atoms with Crippen molar-refractivity contribution in [1.82, 2.24) is 0 Å². The van der Waals surface area contributed by atoms with Crippen LogP contribution in [-0.4, -0.2) is 43.7 Å². The second-order valence-electron chi connectivity index (χ2n) is 3.78. The van der Waals surface area contributed by atoms with Crippen molar-refractivity contribution in [2.24, 2.45) is 0 Å². The highest BCUT2D eigenvalue weighted by Gasteiger charge is 2.67. The van der Waals surface area contributed by atoms with Gasteiger partial charge >= 0.3 is 24.7 Å². The molecule has 0 saturated carbocycles. The molecule has 0 radical (unpaired) electrons. The van der Waals surface area contributed by atoms with Crippen LogP contribution >= 0.6 is 0 Å². The molecule has 0 atom stereocenters. The van der Waals surface area contributed by atoms with Gasteiger partial charge in [0.1, 0.15) is 0 Å². The quantitative estimate of drug-likeness (QED) is 0.473. The van der Waals surface area contributed by atoms with Crippen LogP contribution in [0.15, 0.2) is 0 Å². The molecule has 20 heavy (non-hydrogen) atoms. The highest BCUT2D eigenvalue weighted by Crippen LogP contribution is 2.46. The van der Waals surface area contributed by atoms with Gasteiger partial charge in [-0.3, -0.25) is 0 Å². The SMILES string of the molecule is CCOC(CC(F)(F)C(F)F)(OCC)C(F)(F)C(F)F. The number of ether oxygens (including phenoxy) is 2. The molecule has 10 heteroatoms. The van der Waals surface area contributed by atoms with Crippen LogP contribution < -0.4 is 0 Å². The minimum Gasteiger partial charge on any atom is -0.345 e. The lowest BCUT2D eigenvalue weighted by Crippen LogP contribution is -2.59. The average Bonchev–Trinajstić information content (AvgIpc) is 2.28. The van der Waals surface area contributed by atoms with Gasteiger partial charge in [-0.1, -0.05) is 0 Å². The van der Waals surface area contributed by atoms with Crippen LogP contribution in [-0.2, 0) is 9.47 Å². The lowest BCUT2D eigenvalue weighted by Gasteiger charge is -2.40. The molecule has 2 nitrogen and oxygen atoms in total. The Kier molecular flexibility index (Phi) is 6.66. The first-order valence-electron chi connectivity index (χ1n) is 5.56. The van der Waals surface area contributed by atoms with E-state index in [-0.39, 0.29) is 0 Å². The number of hydrogen-bond acceptors (Lipinski definition) is 2. The maximum Gasteiger partial charge on any atom is 0.360 e. The maximum atomic E-state index is 13.5. The van der Waals surface area contributed by atoms with Crippen LogP contribution in [0, 0.1) is 0 Å². The van der Waals surface area contributed by atoms with Crippen molar-refractivity contribution >= 4 is 0 Å². The van der Waals surface area contributed by atoms with Crippen LogP contribution in [0.5, 0.6) is 0 Å². The monoisotopic (exact) mass is 318 g/mol. The number of halogens is 8. The fraction of sp³-hybridized carbons (Fsp3) is 1.00. The minimum absolute atomic E-state index is 0.707. The summed E-state index contributed by atoms with van der Waals surface area (Å²) in [6.45, 7) is 0.689. The third kappa shape index (κ3) is 3.94. The fourth-order valence-corrected chi connectivity index (χ4v) is 1.47. The summed E-state index contributed by atoms with van der Waals surface area (Å²) < 4.78 is 110. The lowest BCUT2D eigenvalue weighted by molar-refractivity contribution is -0.382. The summed E-state index contributed by atoms with van der Waals surface area (Å²) in [5.74, 6) is -14.0. The van der Waals surface area contributed by atoms with Gasteiger partial charge in [-0.15, -0.1) is 0 Å². The molecule has 0 heterocycles. The molecular weight excluding hydrogens is 304 g/mol. The zero-order valence-electron chi connectivity index (χ0n) is 10.6. The highest BCUT2D eigenvalue weighted by atomic mass is 19.3. The summed E-state index contributed by atoms with van der Waals surface area (Å²) >= 11 is 0. The van der Waals surface area contributed by atoms with Gasteiger partial charge in [-0.05, 0) is 13.8 Å². The zero-order valence-corrected chi connectivity index (χ0v) is 10.6. The van der Waals surface area contributed by atoms with Gasteiger partial charge in [0.05, 0.1) is 6.42 Å². The smallest absolute Gasteiger partial charge is 0.345 e. The van der Waals surface area contributed by atoms with Crippen molar-refractivity contribution in [2.75, 3.05) is 13.2 Å². The van der Waals surface area contributed by atoms with E-state index in [4.69, 9.17) is 0 Å². The number of alkyl halides is 8. The standard InChI is InChI=1S/C10H14F8O2/c1-3-19-9(20-4-2,10(17,18)7(13)14)5-8(15,16)6(11)12/h6-7H,3-5H2,1-2H3. The maximum absolute atomic E-state index is 13.5. The largest absolute Gasteiger partial charge is 0.360 e. The summed E-state index contributed by atoms with van der Waals surface area (Å²) in [6, 6.07) is 0. The Morgan fingerprint density at radius 1 is 0.800 bits per heavy atom. The van der Waals surface area contributed by atoms with E-state index < -0.39 is 50.1 Å². The van der Waals surface area contributed by atoms with Gasteiger partial charge in [0.25, 0.3) is 0 Å². The average molecular weight is 318 g/mol. The summed E-state index contributed by atoms with van der Waals surface area (Å²) in [6.07, 6.45) is -11.1. The van der Waals surface area contributed by atoms with Crippen LogP contribution in [0.25, 0.3) is 0 Å². The van der Waals surface area contributed by atoms with Gasteiger partial charge in [0, 0.05) is 13.2 Å². The number of rotatable bonds is 9. The molecule has 122 valence electrons. The van der Waals surface area contributed by atoms with Crippen molar-refractivity contribution in [3.8, 4) is 0 Å². The van der Waals surface area contributed by atoms with Gasteiger partial charge in [0.15, 0.2) is 0 Å². The Morgan fingerprint density at radius 2 is 1.20 bits per heavy atom. The van der Waals surface area contributed by atoms with Crippen LogP contribution in [0.2, 0.25) is 0 Å². The second kappa shape index (κ2) is 6.88. The van der Waals surface area contributed by atoms with Gasteiger partial charge < -0.3 is 9.47 Å². The molecule has 0 aromatic carbocycles. The molecule has 0 amide bonds. The first-order valence-corrected chi connectivity index (χ1v) is 5.56. The fourth-order valence-electron chi connectivity index (χ4n) is 1.47. The predicted octanol–water partition coefficient (Wildman–Crippen LogP) is 3.95. The zero-order chi connectivity index (χ0) is 16.2.